The summed E-state index contributed by atoms with van der Waals surface area (Å²) in [5, 5.41) is 7.24. The number of thiophene rings is 1. The van der Waals surface area contributed by atoms with Gasteiger partial charge in [0.1, 0.15) is 6.10 Å². The van der Waals surface area contributed by atoms with E-state index in [0.29, 0.717) is 18.3 Å². The molecular formula is C11H12BrN3O2S. The molecule has 1 aliphatic rings. The van der Waals surface area contributed by atoms with Gasteiger partial charge in [0, 0.05) is 13.1 Å². The molecule has 5 nitrogen and oxygen atoms in total. The van der Waals surface area contributed by atoms with Gasteiger partial charge >= 0.3 is 0 Å². The topological polar surface area (TPSA) is 60.2 Å². The zero-order valence-corrected chi connectivity index (χ0v) is 12.2. The molecular weight excluding hydrogens is 318 g/mol. The summed E-state index contributed by atoms with van der Waals surface area (Å²) >= 11 is 5.08. The van der Waals surface area contributed by atoms with Gasteiger partial charge in [-0.05, 0) is 34.5 Å². The zero-order chi connectivity index (χ0) is 12.5. The number of rotatable bonds is 2. The molecule has 0 spiro atoms. The van der Waals surface area contributed by atoms with Crippen LogP contribution in [0.3, 0.4) is 0 Å². The molecule has 0 aliphatic carbocycles. The Hall–Kier alpha value is -0.760. The number of hydrogen-bond donors (Lipinski definition) is 1. The van der Waals surface area contributed by atoms with Crippen molar-refractivity contribution >= 4 is 27.3 Å². The minimum atomic E-state index is -0.110. The summed E-state index contributed by atoms with van der Waals surface area (Å²) in [6.45, 7) is 4.32. The smallest absolute Gasteiger partial charge is 0.268 e. The predicted molar refractivity (Wildman–Crippen MR) is 71.6 cm³/mol. The maximum atomic E-state index is 5.59. The monoisotopic (exact) mass is 329 g/mol. The first kappa shape index (κ1) is 12.3. The Labute approximate surface area is 117 Å². The number of hydrogen-bond acceptors (Lipinski definition) is 6. The van der Waals surface area contributed by atoms with Crippen LogP contribution >= 0.6 is 27.3 Å². The average Bonchev–Trinajstić information content (AvgIpc) is 2.99. The van der Waals surface area contributed by atoms with Crippen molar-refractivity contribution in [1.29, 1.82) is 0 Å². The van der Waals surface area contributed by atoms with Gasteiger partial charge in [-0.2, -0.15) is 4.98 Å². The van der Waals surface area contributed by atoms with Crippen molar-refractivity contribution in [3.05, 3.63) is 21.2 Å². The molecule has 1 aliphatic heterocycles. The van der Waals surface area contributed by atoms with E-state index < -0.39 is 0 Å². The van der Waals surface area contributed by atoms with Crippen molar-refractivity contribution in [3.8, 4) is 10.8 Å². The Morgan fingerprint density at radius 2 is 2.44 bits per heavy atom. The van der Waals surface area contributed by atoms with Crippen LogP contribution in [0.4, 0.5) is 0 Å². The van der Waals surface area contributed by atoms with Crippen molar-refractivity contribution in [1.82, 2.24) is 15.5 Å². The molecule has 0 bridgehead atoms. The second-order valence-electron chi connectivity index (χ2n) is 4.09. The molecule has 18 heavy (non-hydrogen) atoms. The number of ether oxygens (including phenoxy) is 1. The van der Waals surface area contributed by atoms with Crippen molar-refractivity contribution < 1.29 is 9.26 Å². The van der Waals surface area contributed by atoms with Crippen LogP contribution in [0.1, 0.15) is 17.5 Å². The molecule has 1 fully saturated rings. The molecule has 1 saturated heterocycles. The van der Waals surface area contributed by atoms with Crippen molar-refractivity contribution in [2.75, 3.05) is 19.7 Å². The summed E-state index contributed by atoms with van der Waals surface area (Å²) in [4.78, 5) is 5.38. The van der Waals surface area contributed by atoms with Crippen LogP contribution in [0, 0.1) is 6.92 Å². The standard InChI is InChI=1S/C11H12BrN3O2S/c1-6-4-8(18-9(6)12)11-14-10(15-17-11)7-5-13-2-3-16-7/h4,7,13H,2-3,5H2,1H3. The van der Waals surface area contributed by atoms with Crippen LogP contribution in [0.2, 0.25) is 0 Å². The molecule has 3 heterocycles. The molecule has 0 aromatic carbocycles. The highest BCUT2D eigenvalue weighted by molar-refractivity contribution is 9.11. The first-order valence-electron chi connectivity index (χ1n) is 5.66. The number of halogens is 1. The molecule has 96 valence electrons. The van der Waals surface area contributed by atoms with Gasteiger partial charge in [0.05, 0.1) is 15.3 Å². The first-order chi connectivity index (χ1) is 8.74. The summed E-state index contributed by atoms with van der Waals surface area (Å²) < 4.78 is 12.0. The normalized spacial score (nSPS) is 20.2. The van der Waals surface area contributed by atoms with E-state index in [-0.39, 0.29) is 6.10 Å². The molecule has 7 heteroatoms. The fraction of sp³-hybridized carbons (Fsp3) is 0.455. The molecule has 3 rings (SSSR count). The van der Waals surface area contributed by atoms with Gasteiger partial charge in [-0.1, -0.05) is 5.16 Å². The lowest BCUT2D eigenvalue weighted by molar-refractivity contribution is 0.0208. The summed E-state index contributed by atoms with van der Waals surface area (Å²) in [7, 11) is 0. The first-order valence-corrected chi connectivity index (χ1v) is 7.27. The maximum Gasteiger partial charge on any atom is 0.268 e. The van der Waals surface area contributed by atoms with Crippen molar-refractivity contribution in [2.45, 2.75) is 13.0 Å². The third kappa shape index (κ3) is 2.35. The molecule has 0 radical (unpaired) electrons. The van der Waals surface area contributed by atoms with Crippen molar-refractivity contribution in [3.63, 3.8) is 0 Å². The Balaban J connectivity index is 1.84. The van der Waals surface area contributed by atoms with E-state index in [2.05, 4.69) is 31.4 Å². The van der Waals surface area contributed by atoms with E-state index >= 15 is 0 Å². The number of nitrogens with zero attached hydrogens (tertiary/aromatic N) is 2. The molecule has 1 N–H and O–H groups in total. The van der Waals surface area contributed by atoms with Gasteiger partial charge in [0.15, 0.2) is 0 Å². The molecule has 1 atom stereocenters. The van der Waals surface area contributed by atoms with Crippen LogP contribution in [-0.2, 0) is 4.74 Å². The fourth-order valence-corrected chi connectivity index (χ4v) is 3.22. The molecule has 0 saturated carbocycles. The summed E-state index contributed by atoms with van der Waals surface area (Å²) in [5.41, 5.74) is 1.17. The number of morpholine rings is 1. The Morgan fingerprint density at radius 1 is 1.56 bits per heavy atom. The summed E-state index contributed by atoms with van der Waals surface area (Å²) in [6.07, 6.45) is -0.110. The second kappa shape index (κ2) is 5.08. The second-order valence-corrected chi connectivity index (χ2v) is 6.46. The number of aromatic nitrogens is 2. The van der Waals surface area contributed by atoms with Gasteiger partial charge in [0.25, 0.3) is 5.89 Å². The summed E-state index contributed by atoms with van der Waals surface area (Å²) in [5.74, 6) is 1.16. The van der Waals surface area contributed by atoms with Gasteiger partial charge in [0.2, 0.25) is 5.82 Å². The largest absolute Gasteiger partial charge is 0.367 e. The van der Waals surface area contributed by atoms with E-state index in [1.54, 1.807) is 11.3 Å². The summed E-state index contributed by atoms with van der Waals surface area (Å²) in [6, 6.07) is 2.03. The highest BCUT2D eigenvalue weighted by Gasteiger charge is 2.22. The predicted octanol–water partition coefficient (Wildman–Crippen LogP) is 2.53. The molecule has 0 amide bonds. The van der Waals surface area contributed by atoms with E-state index in [1.165, 1.54) is 5.56 Å². The Bertz CT molecular complexity index is 529. The minimum absolute atomic E-state index is 0.110. The van der Waals surface area contributed by atoms with Crippen LogP contribution in [0.25, 0.3) is 10.8 Å². The van der Waals surface area contributed by atoms with E-state index in [4.69, 9.17) is 9.26 Å². The van der Waals surface area contributed by atoms with E-state index in [1.807, 2.05) is 13.0 Å². The van der Waals surface area contributed by atoms with E-state index in [0.717, 1.165) is 21.8 Å². The average molecular weight is 330 g/mol. The maximum absolute atomic E-state index is 5.59. The number of nitrogens with one attached hydrogen (secondary N) is 1. The highest BCUT2D eigenvalue weighted by Crippen LogP contribution is 2.34. The quantitative estimate of drug-likeness (QED) is 0.917. The van der Waals surface area contributed by atoms with E-state index in [9.17, 15) is 0 Å². The lowest BCUT2D eigenvalue weighted by Gasteiger charge is -2.20. The fourth-order valence-electron chi connectivity index (χ4n) is 1.76. The lowest BCUT2D eigenvalue weighted by atomic mass is 10.3. The number of aryl methyl sites for hydroxylation is 1. The van der Waals surface area contributed by atoms with Crippen LogP contribution in [0.15, 0.2) is 14.4 Å². The van der Waals surface area contributed by atoms with Crippen LogP contribution in [0.5, 0.6) is 0 Å². The van der Waals surface area contributed by atoms with Gasteiger partial charge in [-0.25, -0.2) is 0 Å². The van der Waals surface area contributed by atoms with Crippen LogP contribution < -0.4 is 5.32 Å². The molecule has 1 unspecified atom stereocenters. The Morgan fingerprint density at radius 3 is 3.11 bits per heavy atom. The Kier molecular flexibility index (Phi) is 3.47. The lowest BCUT2D eigenvalue weighted by Crippen LogP contribution is -2.33. The third-order valence-electron chi connectivity index (χ3n) is 2.73. The highest BCUT2D eigenvalue weighted by atomic mass is 79.9. The van der Waals surface area contributed by atoms with Crippen LogP contribution in [-0.4, -0.2) is 29.8 Å². The minimum Gasteiger partial charge on any atom is -0.367 e. The van der Waals surface area contributed by atoms with Gasteiger partial charge in [-0.15, -0.1) is 11.3 Å². The zero-order valence-electron chi connectivity index (χ0n) is 9.77. The third-order valence-corrected chi connectivity index (χ3v) is 4.85. The molecule has 2 aromatic rings. The SMILES string of the molecule is Cc1cc(-c2nc(C3CNCCO3)no2)sc1Br. The van der Waals surface area contributed by atoms with Gasteiger partial charge in [-0.3, -0.25) is 0 Å². The molecule has 2 aromatic heterocycles. The van der Waals surface area contributed by atoms with Gasteiger partial charge < -0.3 is 14.6 Å². The van der Waals surface area contributed by atoms with Crippen molar-refractivity contribution in [2.24, 2.45) is 0 Å².